The van der Waals surface area contributed by atoms with Crippen LogP contribution in [0.25, 0.3) is 22.2 Å². The Morgan fingerprint density at radius 2 is 1.85 bits per heavy atom. The normalized spacial score (nSPS) is 12.8. The fourth-order valence-electron chi connectivity index (χ4n) is 3.89. The zero-order valence-electron chi connectivity index (χ0n) is 19.8. The predicted octanol–water partition coefficient (Wildman–Crippen LogP) is 6.08. The molecule has 0 bridgehead atoms. The molecule has 172 valence electrons. The summed E-state index contributed by atoms with van der Waals surface area (Å²) < 4.78 is 11.1. The molecule has 1 unspecified atom stereocenters. The Hall–Kier alpha value is -3.03. The number of benzene rings is 2. The van der Waals surface area contributed by atoms with E-state index < -0.39 is 0 Å². The lowest BCUT2D eigenvalue weighted by Crippen LogP contribution is -2.29. The van der Waals surface area contributed by atoms with E-state index in [0.29, 0.717) is 11.8 Å². The summed E-state index contributed by atoms with van der Waals surface area (Å²) in [5.41, 5.74) is 11.5. The molecular weight excluding hydrogens is 430 g/mol. The number of ether oxygens (including phenoxy) is 1. The minimum atomic E-state index is -0.0405. The monoisotopic (exact) mass is 461 g/mol. The van der Waals surface area contributed by atoms with Crippen LogP contribution in [0.5, 0.6) is 5.88 Å². The van der Waals surface area contributed by atoms with Crippen LogP contribution in [0.3, 0.4) is 0 Å². The molecule has 2 aromatic heterocycles. The molecule has 4 rings (SSSR count). The molecule has 0 spiro atoms. The first-order valence-electron chi connectivity index (χ1n) is 11.1. The maximum Gasteiger partial charge on any atom is 0.228 e. The Bertz CT molecular complexity index is 1250. The van der Waals surface area contributed by atoms with E-state index in [1.54, 1.807) is 7.11 Å². The Labute approximate surface area is 199 Å². The van der Waals surface area contributed by atoms with Crippen LogP contribution in [0.15, 0.2) is 65.7 Å². The quantitative estimate of drug-likeness (QED) is 0.325. The molecular formula is C26H31N5OS. The third-order valence-electron chi connectivity index (χ3n) is 5.41. The van der Waals surface area contributed by atoms with Gasteiger partial charge in [-0.25, -0.2) is 9.97 Å². The number of rotatable bonds is 7. The van der Waals surface area contributed by atoms with Crippen molar-refractivity contribution in [3.8, 4) is 17.0 Å². The van der Waals surface area contributed by atoms with Crippen LogP contribution in [0.2, 0.25) is 0 Å². The smallest absolute Gasteiger partial charge is 0.228 e. The van der Waals surface area contributed by atoms with Gasteiger partial charge < -0.3 is 15.0 Å². The van der Waals surface area contributed by atoms with Crippen LogP contribution in [-0.2, 0) is 0 Å². The van der Waals surface area contributed by atoms with Gasteiger partial charge in [-0.2, -0.15) is 0 Å². The average Bonchev–Trinajstić information content (AvgIpc) is 3.13. The number of anilines is 1. The molecule has 0 aliphatic heterocycles. The lowest BCUT2D eigenvalue weighted by Gasteiger charge is -2.20. The predicted molar refractivity (Wildman–Crippen MR) is 138 cm³/mol. The number of methoxy groups -OCH3 is 1. The van der Waals surface area contributed by atoms with Crippen LogP contribution < -0.4 is 15.2 Å². The number of nitrogen functional groups attached to an aromatic ring is 1. The minimum absolute atomic E-state index is 0.0405. The summed E-state index contributed by atoms with van der Waals surface area (Å²) in [7, 11) is 1.64. The van der Waals surface area contributed by atoms with Crippen molar-refractivity contribution in [2.24, 2.45) is 0 Å². The second-order valence-electron chi connectivity index (χ2n) is 9.06. The van der Waals surface area contributed by atoms with Crippen molar-refractivity contribution in [2.75, 3.05) is 12.8 Å². The largest absolute Gasteiger partial charge is 0.480 e. The summed E-state index contributed by atoms with van der Waals surface area (Å²) in [5.74, 6) is 1.13. The maximum atomic E-state index is 6.41. The molecule has 6 nitrogen and oxygen atoms in total. The number of pyridine rings is 1. The summed E-state index contributed by atoms with van der Waals surface area (Å²) in [6.45, 7) is 8.55. The Morgan fingerprint density at radius 1 is 1.09 bits per heavy atom. The van der Waals surface area contributed by atoms with Gasteiger partial charge in [-0.3, -0.25) is 4.72 Å². The van der Waals surface area contributed by atoms with Crippen molar-refractivity contribution >= 4 is 28.9 Å². The van der Waals surface area contributed by atoms with Gasteiger partial charge in [0.1, 0.15) is 0 Å². The number of aromatic nitrogens is 3. The van der Waals surface area contributed by atoms with Gasteiger partial charge in [-0.1, -0.05) is 43.3 Å². The maximum absolute atomic E-state index is 6.41. The molecule has 0 amide bonds. The van der Waals surface area contributed by atoms with Crippen molar-refractivity contribution < 1.29 is 4.74 Å². The Kier molecular flexibility index (Phi) is 6.63. The fourth-order valence-corrected chi connectivity index (χ4v) is 4.71. The van der Waals surface area contributed by atoms with E-state index in [9.17, 15) is 0 Å². The summed E-state index contributed by atoms with van der Waals surface area (Å²) in [4.78, 5) is 10.1. The highest BCUT2D eigenvalue weighted by Gasteiger charge is 2.19. The molecule has 2 heterocycles. The molecule has 2 aromatic carbocycles. The first-order chi connectivity index (χ1) is 15.8. The summed E-state index contributed by atoms with van der Waals surface area (Å²) in [5, 5.41) is 0. The molecule has 0 radical (unpaired) electrons. The zero-order chi connectivity index (χ0) is 23.6. The highest BCUT2D eigenvalue weighted by Crippen LogP contribution is 2.35. The molecule has 0 saturated heterocycles. The Balaban J connectivity index is 1.78. The van der Waals surface area contributed by atoms with Crippen molar-refractivity contribution in [3.63, 3.8) is 0 Å². The molecule has 3 N–H and O–H groups in total. The van der Waals surface area contributed by atoms with E-state index in [1.165, 1.54) is 17.5 Å². The molecule has 7 heteroatoms. The van der Waals surface area contributed by atoms with E-state index in [0.717, 1.165) is 33.5 Å². The lowest BCUT2D eigenvalue weighted by atomic mass is 10.0. The standard InChI is InChI=1S/C26H31N5OS/c1-6-21(17-10-8-7-9-11-17)31-22-14-18(12-13-20(22)29-25(31)27)19-15-23(24(32-5)28-16-19)33-30-26(2,3)4/h7-16,21,30H,6H2,1-5H3,(H2,27,29). The number of hydrogen-bond acceptors (Lipinski definition) is 6. The number of nitrogens with two attached hydrogens (primary N) is 1. The van der Waals surface area contributed by atoms with Crippen molar-refractivity contribution in [2.45, 2.75) is 50.6 Å². The number of nitrogens with zero attached hydrogens (tertiary/aromatic N) is 3. The van der Waals surface area contributed by atoms with Crippen LogP contribution in [0.4, 0.5) is 5.95 Å². The second kappa shape index (κ2) is 9.45. The molecule has 0 saturated carbocycles. The molecule has 1 atom stereocenters. The van der Waals surface area contributed by atoms with Gasteiger partial charge in [0, 0.05) is 17.3 Å². The third kappa shape index (κ3) is 4.99. The van der Waals surface area contributed by atoms with E-state index in [1.807, 2.05) is 18.3 Å². The molecule has 33 heavy (non-hydrogen) atoms. The van der Waals surface area contributed by atoms with Gasteiger partial charge in [0.15, 0.2) is 0 Å². The van der Waals surface area contributed by atoms with Crippen molar-refractivity contribution in [3.05, 3.63) is 66.4 Å². The lowest BCUT2D eigenvalue weighted by molar-refractivity contribution is 0.387. The average molecular weight is 462 g/mol. The fraction of sp³-hybridized carbons (Fsp3) is 0.308. The highest BCUT2D eigenvalue weighted by atomic mass is 32.2. The number of hydrogen-bond donors (Lipinski definition) is 2. The van der Waals surface area contributed by atoms with E-state index in [4.69, 9.17) is 10.5 Å². The first kappa shape index (κ1) is 23.1. The van der Waals surface area contributed by atoms with Gasteiger partial charge in [-0.15, -0.1) is 0 Å². The number of nitrogens with one attached hydrogen (secondary N) is 1. The van der Waals surface area contributed by atoms with E-state index in [-0.39, 0.29) is 11.6 Å². The van der Waals surface area contributed by atoms with Crippen LogP contribution >= 0.6 is 11.9 Å². The molecule has 0 aliphatic carbocycles. The van der Waals surface area contributed by atoms with E-state index >= 15 is 0 Å². The summed E-state index contributed by atoms with van der Waals surface area (Å²) >= 11 is 1.53. The molecule has 0 aliphatic rings. The summed E-state index contributed by atoms with van der Waals surface area (Å²) in [6, 6.07) is 18.9. The van der Waals surface area contributed by atoms with Crippen molar-refractivity contribution in [1.82, 2.24) is 19.3 Å². The summed E-state index contributed by atoms with van der Waals surface area (Å²) in [6.07, 6.45) is 2.76. The highest BCUT2D eigenvalue weighted by molar-refractivity contribution is 7.97. The topological polar surface area (TPSA) is 78.0 Å². The van der Waals surface area contributed by atoms with Crippen LogP contribution in [0.1, 0.15) is 45.7 Å². The van der Waals surface area contributed by atoms with Gasteiger partial charge in [0.05, 0.1) is 29.1 Å². The van der Waals surface area contributed by atoms with Crippen molar-refractivity contribution in [1.29, 1.82) is 0 Å². The SMILES string of the molecule is CCC(c1ccccc1)n1c(N)nc2ccc(-c3cnc(OC)c(SNC(C)(C)C)c3)cc21. The van der Waals surface area contributed by atoms with Crippen LogP contribution in [0, 0.1) is 0 Å². The molecule has 4 aromatic rings. The Morgan fingerprint density at radius 3 is 2.52 bits per heavy atom. The minimum Gasteiger partial charge on any atom is -0.480 e. The van der Waals surface area contributed by atoms with Gasteiger partial charge >= 0.3 is 0 Å². The number of imidazole rings is 1. The third-order valence-corrected chi connectivity index (χ3v) is 6.64. The number of fused-ring (bicyclic) bond motifs is 1. The molecule has 0 fully saturated rings. The van der Waals surface area contributed by atoms with Gasteiger partial charge in [-0.05, 0) is 68.5 Å². The van der Waals surface area contributed by atoms with Crippen LogP contribution in [-0.4, -0.2) is 27.2 Å². The second-order valence-corrected chi connectivity index (χ2v) is 9.91. The van der Waals surface area contributed by atoms with Gasteiger partial charge in [0.2, 0.25) is 11.8 Å². The van der Waals surface area contributed by atoms with E-state index in [2.05, 4.69) is 89.4 Å². The van der Waals surface area contributed by atoms with Gasteiger partial charge in [0.25, 0.3) is 0 Å². The zero-order valence-corrected chi connectivity index (χ0v) is 20.6. The first-order valence-corrected chi connectivity index (χ1v) is 11.9.